The van der Waals surface area contributed by atoms with Gasteiger partial charge in [-0.2, -0.15) is 5.11 Å². The van der Waals surface area contributed by atoms with E-state index in [2.05, 4.69) is 20.3 Å². The lowest BCUT2D eigenvalue weighted by Gasteiger charge is -2.10. The lowest BCUT2D eigenvalue weighted by Crippen LogP contribution is -2.25. The van der Waals surface area contributed by atoms with Gasteiger partial charge < -0.3 is 10.1 Å². The number of anilines is 1. The number of nitrogens with one attached hydrogen (secondary N) is 1. The SMILES string of the molecule is COC(=O)c1ccc(NC(=O)C2C=CC(=O)N=N2)cc1. The third-order valence-electron chi connectivity index (χ3n) is 2.54. The van der Waals surface area contributed by atoms with Gasteiger partial charge in [0.1, 0.15) is 0 Å². The summed E-state index contributed by atoms with van der Waals surface area (Å²) in [6, 6.07) is 5.37. The summed E-state index contributed by atoms with van der Waals surface area (Å²) in [6.45, 7) is 0. The summed E-state index contributed by atoms with van der Waals surface area (Å²) in [7, 11) is 1.29. The Bertz CT molecular complexity index is 589. The average Bonchev–Trinajstić information content (AvgIpc) is 2.48. The molecule has 1 aromatic rings. The first-order chi connectivity index (χ1) is 9.60. The van der Waals surface area contributed by atoms with E-state index in [1.54, 1.807) is 12.1 Å². The smallest absolute Gasteiger partial charge is 0.337 e. The van der Waals surface area contributed by atoms with Gasteiger partial charge in [-0.15, -0.1) is 5.11 Å². The number of rotatable bonds is 3. The van der Waals surface area contributed by atoms with Crippen LogP contribution in [0.25, 0.3) is 0 Å². The summed E-state index contributed by atoms with van der Waals surface area (Å²) in [4.78, 5) is 33.9. The molecule has 0 saturated carbocycles. The highest BCUT2D eigenvalue weighted by molar-refractivity contribution is 5.99. The Morgan fingerprint density at radius 1 is 1.25 bits per heavy atom. The third-order valence-corrected chi connectivity index (χ3v) is 2.54. The predicted octanol–water partition coefficient (Wildman–Crippen LogP) is 1.33. The quantitative estimate of drug-likeness (QED) is 0.840. The number of methoxy groups -OCH3 is 1. The molecule has 2 rings (SSSR count). The van der Waals surface area contributed by atoms with E-state index in [0.717, 1.165) is 0 Å². The van der Waals surface area contributed by atoms with E-state index in [9.17, 15) is 14.4 Å². The molecule has 1 aliphatic heterocycles. The van der Waals surface area contributed by atoms with Gasteiger partial charge in [0.25, 0.3) is 11.8 Å². The van der Waals surface area contributed by atoms with Crippen LogP contribution in [0.15, 0.2) is 46.6 Å². The highest BCUT2D eigenvalue weighted by Crippen LogP contribution is 2.12. The minimum Gasteiger partial charge on any atom is -0.465 e. The van der Waals surface area contributed by atoms with Crippen molar-refractivity contribution in [1.29, 1.82) is 0 Å². The number of carbonyl (C=O) groups is 3. The Morgan fingerprint density at radius 2 is 1.95 bits per heavy atom. The number of ether oxygens (including phenoxy) is 1. The van der Waals surface area contributed by atoms with Crippen molar-refractivity contribution in [1.82, 2.24) is 0 Å². The first kappa shape index (κ1) is 13.6. The number of hydrogen-bond acceptors (Lipinski definition) is 5. The Labute approximate surface area is 114 Å². The third kappa shape index (κ3) is 3.14. The number of amides is 2. The number of azo groups is 1. The Morgan fingerprint density at radius 3 is 2.50 bits per heavy atom. The Balaban J connectivity index is 2.01. The zero-order valence-corrected chi connectivity index (χ0v) is 10.6. The molecule has 0 saturated heterocycles. The van der Waals surface area contributed by atoms with Gasteiger partial charge in [0, 0.05) is 11.8 Å². The molecule has 0 aliphatic carbocycles. The van der Waals surface area contributed by atoms with Crippen LogP contribution in [0.3, 0.4) is 0 Å². The van der Waals surface area contributed by atoms with E-state index in [1.165, 1.54) is 31.4 Å². The van der Waals surface area contributed by atoms with Crippen molar-refractivity contribution >= 4 is 23.5 Å². The second-order valence-electron chi connectivity index (χ2n) is 3.92. The molecule has 20 heavy (non-hydrogen) atoms. The minimum absolute atomic E-state index is 0.383. The number of benzene rings is 1. The molecule has 1 aromatic carbocycles. The molecule has 102 valence electrons. The van der Waals surface area contributed by atoms with Crippen LogP contribution >= 0.6 is 0 Å². The maximum atomic E-state index is 11.8. The molecule has 1 unspecified atom stereocenters. The van der Waals surface area contributed by atoms with Crippen molar-refractivity contribution in [2.75, 3.05) is 12.4 Å². The zero-order chi connectivity index (χ0) is 14.5. The van der Waals surface area contributed by atoms with Gasteiger partial charge in [-0.3, -0.25) is 9.59 Å². The van der Waals surface area contributed by atoms with E-state index in [-0.39, 0.29) is 0 Å². The fourth-order valence-electron chi connectivity index (χ4n) is 1.53. The van der Waals surface area contributed by atoms with Gasteiger partial charge in [0.15, 0.2) is 6.04 Å². The lowest BCUT2D eigenvalue weighted by molar-refractivity contribution is -0.117. The van der Waals surface area contributed by atoms with Gasteiger partial charge in [0.2, 0.25) is 0 Å². The first-order valence-corrected chi connectivity index (χ1v) is 5.72. The molecule has 0 spiro atoms. The van der Waals surface area contributed by atoms with Crippen LogP contribution in [0, 0.1) is 0 Å². The molecule has 1 N–H and O–H groups in total. The predicted molar refractivity (Wildman–Crippen MR) is 69.2 cm³/mol. The minimum atomic E-state index is -0.826. The topological polar surface area (TPSA) is 97.2 Å². The van der Waals surface area contributed by atoms with Crippen LogP contribution in [-0.4, -0.2) is 30.9 Å². The molecule has 1 heterocycles. The lowest BCUT2D eigenvalue weighted by atomic mass is 10.2. The van der Waals surface area contributed by atoms with Crippen LogP contribution in [0.2, 0.25) is 0 Å². The maximum absolute atomic E-state index is 11.8. The second kappa shape index (κ2) is 5.87. The van der Waals surface area contributed by atoms with Crippen molar-refractivity contribution in [3.05, 3.63) is 42.0 Å². The van der Waals surface area contributed by atoms with Crippen LogP contribution in [0.4, 0.5) is 5.69 Å². The van der Waals surface area contributed by atoms with E-state index in [1.807, 2.05) is 0 Å². The summed E-state index contributed by atoms with van der Waals surface area (Å²) in [6.07, 6.45) is 2.56. The average molecular weight is 273 g/mol. The fourth-order valence-corrected chi connectivity index (χ4v) is 1.53. The van der Waals surface area contributed by atoms with E-state index >= 15 is 0 Å². The molecule has 7 nitrogen and oxygen atoms in total. The van der Waals surface area contributed by atoms with Gasteiger partial charge in [-0.05, 0) is 30.3 Å². The summed E-state index contributed by atoms with van der Waals surface area (Å²) in [5.74, 6) is -1.36. The number of hydrogen-bond donors (Lipinski definition) is 1. The molecule has 0 radical (unpaired) electrons. The summed E-state index contributed by atoms with van der Waals surface area (Å²) in [5, 5.41) is 9.47. The molecule has 2 amide bonds. The molecule has 1 atom stereocenters. The fraction of sp³-hybridized carbons (Fsp3) is 0.154. The summed E-state index contributed by atoms with van der Waals surface area (Å²) >= 11 is 0. The highest BCUT2D eigenvalue weighted by atomic mass is 16.5. The van der Waals surface area contributed by atoms with E-state index < -0.39 is 23.8 Å². The molecular weight excluding hydrogens is 262 g/mol. The number of esters is 1. The second-order valence-corrected chi connectivity index (χ2v) is 3.92. The van der Waals surface area contributed by atoms with Crippen molar-refractivity contribution in [2.24, 2.45) is 10.2 Å². The van der Waals surface area contributed by atoms with Crippen LogP contribution in [0.5, 0.6) is 0 Å². The van der Waals surface area contributed by atoms with Gasteiger partial charge in [-0.25, -0.2) is 4.79 Å². The largest absolute Gasteiger partial charge is 0.465 e. The molecule has 0 bridgehead atoms. The normalized spacial score (nSPS) is 16.9. The van der Waals surface area contributed by atoms with Gasteiger partial charge >= 0.3 is 5.97 Å². The first-order valence-electron chi connectivity index (χ1n) is 5.72. The summed E-state index contributed by atoms with van der Waals surface area (Å²) in [5.41, 5.74) is 0.886. The standard InChI is InChI=1S/C13H11N3O4/c1-20-13(19)8-2-4-9(5-3-8)14-12(18)10-6-7-11(17)16-15-10/h2-7,10H,1H3,(H,14,18). The highest BCUT2D eigenvalue weighted by Gasteiger charge is 2.18. The van der Waals surface area contributed by atoms with Crippen molar-refractivity contribution in [2.45, 2.75) is 6.04 Å². The maximum Gasteiger partial charge on any atom is 0.337 e. The summed E-state index contributed by atoms with van der Waals surface area (Å²) < 4.78 is 4.57. The number of nitrogens with zero attached hydrogens (tertiary/aromatic N) is 2. The molecular formula is C13H11N3O4. The zero-order valence-electron chi connectivity index (χ0n) is 10.6. The van der Waals surface area contributed by atoms with Gasteiger partial charge in [-0.1, -0.05) is 0 Å². The van der Waals surface area contributed by atoms with Crippen LogP contribution < -0.4 is 5.32 Å². The molecule has 0 fully saturated rings. The Kier molecular flexibility index (Phi) is 3.99. The van der Waals surface area contributed by atoms with E-state index in [4.69, 9.17) is 0 Å². The van der Waals surface area contributed by atoms with Crippen LogP contribution in [-0.2, 0) is 14.3 Å². The van der Waals surface area contributed by atoms with Crippen molar-refractivity contribution < 1.29 is 19.1 Å². The Hall–Kier alpha value is -2.83. The molecule has 7 heteroatoms. The van der Waals surface area contributed by atoms with Crippen LogP contribution in [0.1, 0.15) is 10.4 Å². The van der Waals surface area contributed by atoms with E-state index in [0.29, 0.717) is 11.3 Å². The molecule has 0 aromatic heterocycles. The van der Waals surface area contributed by atoms with Crippen molar-refractivity contribution in [3.8, 4) is 0 Å². The monoisotopic (exact) mass is 273 g/mol. The number of carbonyl (C=O) groups excluding carboxylic acids is 3. The van der Waals surface area contributed by atoms with Gasteiger partial charge in [0.05, 0.1) is 12.7 Å². The molecule has 1 aliphatic rings. The van der Waals surface area contributed by atoms with Crippen molar-refractivity contribution in [3.63, 3.8) is 0 Å².